The minimum absolute atomic E-state index is 0.182. The van der Waals surface area contributed by atoms with E-state index in [9.17, 15) is 0 Å². The Labute approximate surface area is 121 Å². The van der Waals surface area contributed by atoms with Crippen molar-refractivity contribution in [3.8, 4) is 5.75 Å². The fourth-order valence-electron chi connectivity index (χ4n) is 2.45. The van der Waals surface area contributed by atoms with Crippen LogP contribution in [0.4, 0.5) is 0 Å². The van der Waals surface area contributed by atoms with Crippen molar-refractivity contribution in [2.45, 2.75) is 31.5 Å². The Kier molecular flexibility index (Phi) is 4.55. The summed E-state index contributed by atoms with van der Waals surface area (Å²) in [5.74, 6) is 0.942. The van der Waals surface area contributed by atoms with E-state index < -0.39 is 0 Å². The smallest absolute Gasteiger partial charge is 0.119 e. The molecule has 1 heterocycles. The Bertz CT molecular complexity index is 434. The normalized spacial score (nSPS) is 23.8. The van der Waals surface area contributed by atoms with Crippen LogP contribution in [0.3, 0.4) is 0 Å². The second kappa shape index (κ2) is 6.57. The molecule has 1 unspecified atom stereocenters. The molecule has 4 nitrogen and oxygen atoms in total. The summed E-state index contributed by atoms with van der Waals surface area (Å²) in [6.07, 6.45) is 2.83. The van der Waals surface area contributed by atoms with Crippen LogP contribution in [-0.4, -0.2) is 50.4 Å². The Morgan fingerprint density at radius 3 is 3.10 bits per heavy atom. The molecule has 2 fully saturated rings. The zero-order valence-corrected chi connectivity index (χ0v) is 12.2. The first-order valence-corrected chi connectivity index (χ1v) is 7.55. The second-order valence-electron chi connectivity index (χ2n) is 5.87. The van der Waals surface area contributed by atoms with E-state index in [1.54, 1.807) is 0 Å². The van der Waals surface area contributed by atoms with E-state index in [0.717, 1.165) is 38.0 Å². The number of rotatable bonds is 6. The van der Waals surface area contributed by atoms with Crippen LogP contribution in [0.5, 0.6) is 5.75 Å². The third kappa shape index (κ3) is 4.20. The van der Waals surface area contributed by atoms with Crippen molar-refractivity contribution in [3.05, 3.63) is 29.8 Å². The molecular formula is C16H24N2O2. The molecule has 1 saturated carbocycles. The summed E-state index contributed by atoms with van der Waals surface area (Å²) in [4.78, 5) is 2.29. The van der Waals surface area contributed by atoms with E-state index in [4.69, 9.17) is 9.47 Å². The number of benzene rings is 1. The van der Waals surface area contributed by atoms with Gasteiger partial charge in [-0.3, -0.25) is 0 Å². The molecular weight excluding hydrogens is 252 g/mol. The van der Waals surface area contributed by atoms with Crippen molar-refractivity contribution < 1.29 is 9.47 Å². The predicted octanol–water partition coefficient (Wildman–Crippen LogP) is 1.65. The fraction of sp³-hybridized carbons (Fsp3) is 0.625. The summed E-state index contributed by atoms with van der Waals surface area (Å²) in [5.41, 5.74) is 1.29. The van der Waals surface area contributed by atoms with Gasteiger partial charge in [0.15, 0.2) is 0 Å². The van der Waals surface area contributed by atoms with Crippen molar-refractivity contribution in [1.29, 1.82) is 0 Å². The summed E-state index contributed by atoms with van der Waals surface area (Å²) in [5, 5.41) is 3.52. The molecule has 4 heteroatoms. The molecule has 0 bridgehead atoms. The number of morpholine rings is 1. The largest absolute Gasteiger partial charge is 0.491 e. The SMILES string of the molecule is CN1CCOC(COc2cccc(CNC3CC3)c2)C1. The molecule has 1 atom stereocenters. The van der Waals surface area contributed by atoms with Gasteiger partial charge in [0.25, 0.3) is 0 Å². The average molecular weight is 276 g/mol. The fourth-order valence-corrected chi connectivity index (χ4v) is 2.45. The first-order valence-electron chi connectivity index (χ1n) is 7.55. The van der Waals surface area contributed by atoms with Crippen LogP contribution >= 0.6 is 0 Å². The molecule has 0 radical (unpaired) electrons. The second-order valence-corrected chi connectivity index (χ2v) is 5.87. The first kappa shape index (κ1) is 13.9. The van der Waals surface area contributed by atoms with Crippen molar-refractivity contribution >= 4 is 0 Å². The minimum atomic E-state index is 0.182. The molecule has 1 saturated heterocycles. The van der Waals surface area contributed by atoms with Crippen molar-refractivity contribution in [2.75, 3.05) is 33.4 Å². The van der Waals surface area contributed by atoms with E-state index >= 15 is 0 Å². The van der Waals surface area contributed by atoms with Gasteiger partial charge in [0.05, 0.1) is 6.61 Å². The third-order valence-electron chi connectivity index (χ3n) is 3.85. The van der Waals surface area contributed by atoms with Gasteiger partial charge >= 0.3 is 0 Å². The molecule has 20 heavy (non-hydrogen) atoms. The van der Waals surface area contributed by atoms with Crippen LogP contribution in [0.1, 0.15) is 18.4 Å². The monoisotopic (exact) mass is 276 g/mol. The zero-order chi connectivity index (χ0) is 13.8. The van der Waals surface area contributed by atoms with Crippen LogP contribution in [0, 0.1) is 0 Å². The van der Waals surface area contributed by atoms with E-state index in [2.05, 4.69) is 35.5 Å². The topological polar surface area (TPSA) is 33.7 Å². The molecule has 1 aliphatic heterocycles. The van der Waals surface area contributed by atoms with E-state index in [0.29, 0.717) is 6.61 Å². The first-order chi connectivity index (χ1) is 9.79. The number of ether oxygens (including phenoxy) is 2. The zero-order valence-electron chi connectivity index (χ0n) is 12.2. The summed E-state index contributed by atoms with van der Waals surface area (Å²) in [7, 11) is 2.12. The number of nitrogens with one attached hydrogen (secondary N) is 1. The molecule has 2 aliphatic rings. The maximum absolute atomic E-state index is 5.88. The highest BCUT2D eigenvalue weighted by molar-refractivity contribution is 5.28. The van der Waals surface area contributed by atoms with Gasteiger partial charge in [0.2, 0.25) is 0 Å². The van der Waals surface area contributed by atoms with Gasteiger partial charge < -0.3 is 19.7 Å². The molecule has 0 spiro atoms. The van der Waals surface area contributed by atoms with Gasteiger partial charge in [-0.25, -0.2) is 0 Å². The van der Waals surface area contributed by atoms with Gasteiger partial charge in [-0.05, 0) is 37.6 Å². The Hall–Kier alpha value is -1.10. The Morgan fingerprint density at radius 2 is 2.30 bits per heavy atom. The average Bonchev–Trinajstić information content (AvgIpc) is 3.28. The lowest BCUT2D eigenvalue weighted by molar-refractivity contribution is -0.0403. The molecule has 110 valence electrons. The third-order valence-corrected chi connectivity index (χ3v) is 3.85. The van der Waals surface area contributed by atoms with Gasteiger partial charge in [-0.2, -0.15) is 0 Å². The van der Waals surface area contributed by atoms with Crippen molar-refractivity contribution in [3.63, 3.8) is 0 Å². The van der Waals surface area contributed by atoms with Gasteiger partial charge in [-0.1, -0.05) is 12.1 Å². The summed E-state index contributed by atoms with van der Waals surface area (Å²) in [6.45, 7) is 4.33. The Morgan fingerprint density at radius 1 is 1.40 bits per heavy atom. The molecule has 1 N–H and O–H groups in total. The summed E-state index contributed by atoms with van der Waals surface area (Å²) in [6, 6.07) is 9.10. The number of hydrogen-bond acceptors (Lipinski definition) is 4. The van der Waals surface area contributed by atoms with Crippen LogP contribution in [0.15, 0.2) is 24.3 Å². The highest BCUT2D eigenvalue weighted by Crippen LogP contribution is 2.20. The maximum Gasteiger partial charge on any atom is 0.119 e. The van der Waals surface area contributed by atoms with Gasteiger partial charge in [0.1, 0.15) is 18.5 Å². The summed E-state index contributed by atoms with van der Waals surface area (Å²) < 4.78 is 11.6. The van der Waals surface area contributed by atoms with Crippen LogP contribution in [0.2, 0.25) is 0 Å². The number of likely N-dealkylation sites (N-methyl/N-ethyl adjacent to an activating group) is 1. The molecule has 1 aromatic carbocycles. The van der Waals surface area contributed by atoms with Crippen LogP contribution in [0.25, 0.3) is 0 Å². The standard InChI is InChI=1S/C16H24N2O2/c1-18-7-8-19-16(11-18)12-20-15-4-2-3-13(9-15)10-17-14-5-6-14/h2-4,9,14,16-17H,5-8,10-12H2,1H3. The molecule has 1 aromatic rings. The van der Waals surface area contributed by atoms with Gasteiger partial charge in [0, 0.05) is 25.7 Å². The van der Waals surface area contributed by atoms with Crippen molar-refractivity contribution in [1.82, 2.24) is 10.2 Å². The van der Waals surface area contributed by atoms with E-state index in [1.807, 2.05) is 6.07 Å². The highest BCUT2D eigenvalue weighted by atomic mass is 16.5. The Balaban J connectivity index is 1.47. The van der Waals surface area contributed by atoms with Crippen LogP contribution < -0.4 is 10.1 Å². The van der Waals surface area contributed by atoms with Crippen molar-refractivity contribution in [2.24, 2.45) is 0 Å². The molecule has 1 aliphatic carbocycles. The maximum atomic E-state index is 5.88. The van der Waals surface area contributed by atoms with E-state index in [-0.39, 0.29) is 6.10 Å². The molecule has 0 aromatic heterocycles. The summed E-state index contributed by atoms with van der Waals surface area (Å²) >= 11 is 0. The van der Waals surface area contributed by atoms with Gasteiger partial charge in [-0.15, -0.1) is 0 Å². The quantitative estimate of drug-likeness (QED) is 0.856. The molecule has 3 rings (SSSR count). The van der Waals surface area contributed by atoms with E-state index in [1.165, 1.54) is 18.4 Å². The van der Waals surface area contributed by atoms with Crippen LogP contribution in [-0.2, 0) is 11.3 Å². The molecule has 0 amide bonds. The minimum Gasteiger partial charge on any atom is -0.491 e. The number of hydrogen-bond donors (Lipinski definition) is 1. The lowest BCUT2D eigenvalue weighted by Gasteiger charge is -2.29. The predicted molar refractivity (Wildman–Crippen MR) is 79.0 cm³/mol. The lowest BCUT2D eigenvalue weighted by Crippen LogP contribution is -2.42. The lowest BCUT2D eigenvalue weighted by atomic mass is 10.2. The highest BCUT2D eigenvalue weighted by Gasteiger charge is 2.20. The number of nitrogens with zero attached hydrogens (tertiary/aromatic N) is 1.